The van der Waals surface area contributed by atoms with E-state index in [0.29, 0.717) is 11.4 Å². The summed E-state index contributed by atoms with van der Waals surface area (Å²) in [5, 5.41) is 3.96. The van der Waals surface area contributed by atoms with Crippen molar-refractivity contribution in [1.29, 1.82) is 0 Å². The van der Waals surface area contributed by atoms with Crippen molar-refractivity contribution < 1.29 is 4.79 Å². The van der Waals surface area contributed by atoms with E-state index in [4.69, 9.17) is 11.6 Å². The molecule has 0 unspecified atom stereocenters. The Labute approximate surface area is 143 Å². The van der Waals surface area contributed by atoms with E-state index in [-0.39, 0.29) is 11.7 Å². The minimum Gasteiger partial charge on any atom is -0.359 e. The van der Waals surface area contributed by atoms with Gasteiger partial charge in [0.15, 0.2) is 5.78 Å². The number of halogens is 2. The van der Waals surface area contributed by atoms with Gasteiger partial charge in [-0.25, -0.2) is 0 Å². The topological polar surface area (TPSA) is 29.1 Å². The highest BCUT2D eigenvalue weighted by Crippen LogP contribution is 2.33. The zero-order chi connectivity index (χ0) is 15.5. The quantitative estimate of drug-likeness (QED) is 0.761. The Balaban J connectivity index is 1.78. The molecule has 112 valence electrons. The molecule has 0 radical (unpaired) electrons. The molecule has 4 heteroatoms. The van der Waals surface area contributed by atoms with Gasteiger partial charge < -0.3 is 5.32 Å². The summed E-state index contributed by atoms with van der Waals surface area (Å²) < 4.78 is 0.857. The molecule has 2 aromatic carbocycles. The van der Waals surface area contributed by atoms with Gasteiger partial charge in [-0.2, -0.15) is 0 Å². The minimum absolute atomic E-state index is 0.158. The van der Waals surface area contributed by atoms with Gasteiger partial charge in [-0.05, 0) is 52.0 Å². The molecular weight excluding hydrogens is 362 g/mol. The zero-order valence-electron chi connectivity index (χ0n) is 11.9. The van der Waals surface area contributed by atoms with E-state index in [1.165, 1.54) is 5.56 Å². The van der Waals surface area contributed by atoms with Gasteiger partial charge in [0.05, 0.1) is 5.02 Å². The summed E-state index contributed by atoms with van der Waals surface area (Å²) in [6.07, 6.45) is 3.09. The lowest BCUT2D eigenvalue weighted by Gasteiger charge is -2.23. The van der Waals surface area contributed by atoms with Crippen LogP contribution in [0, 0.1) is 0 Å². The van der Waals surface area contributed by atoms with Crippen molar-refractivity contribution in [1.82, 2.24) is 0 Å². The maximum Gasteiger partial charge on any atom is 0.158 e. The summed E-state index contributed by atoms with van der Waals surface area (Å²) in [6.45, 7) is 0. The second-order valence-electron chi connectivity index (χ2n) is 5.41. The Hall–Kier alpha value is -1.58. The fraction of sp³-hybridized carbons (Fsp3) is 0.167. The summed E-state index contributed by atoms with van der Waals surface area (Å²) in [7, 11) is 0. The number of hydrogen-bond acceptors (Lipinski definition) is 2. The fourth-order valence-corrected chi connectivity index (χ4v) is 3.13. The standard InChI is InChI=1S/C18H15BrClNO/c19-17-7-6-14(11-18(17)20)21-15-8-13(9-16(22)10-15)12-4-2-1-3-5-12/h1-7,10-11,13,21H,8-9H2/t13-/m0/s1. The summed E-state index contributed by atoms with van der Waals surface area (Å²) in [5.41, 5.74) is 3.03. The monoisotopic (exact) mass is 375 g/mol. The lowest BCUT2D eigenvalue weighted by Crippen LogP contribution is -2.16. The number of carbonyl (C=O) groups excluding carboxylic acids is 1. The predicted molar refractivity (Wildman–Crippen MR) is 94.3 cm³/mol. The van der Waals surface area contributed by atoms with E-state index in [9.17, 15) is 4.79 Å². The van der Waals surface area contributed by atoms with Crippen molar-refractivity contribution in [3.05, 3.63) is 75.4 Å². The average molecular weight is 377 g/mol. The van der Waals surface area contributed by atoms with E-state index >= 15 is 0 Å². The Morgan fingerprint density at radius 1 is 1.09 bits per heavy atom. The molecule has 0 aromatic heterocycles. The van der Waals surface area contributed by atoms with Crippen LogP contribution < -0.4 is 5.32 Å². The Morgan fingerprint density at radius 3 is 2.59 bits per heavy atom. The third kappa shape index (κ3) is 3.60. The SMILES string of the molecule is O=C1C=C(Nc2ccc(Br)c(Cl)c2)C[C@H](c2ccccc2)C1. The summed E-state index contributed by atoms with van der Waals surface area (Å²) in [6, 6.07) is 15.9. The molecule has 0 spiro atoms. The first-order valence-corrected chi connectivity index (χ1v) is 8.29. The van der Waals surface area contributed by atoms with Crippen molar-refractivity contribution >= 4 is 39.0 Å². The Kier molecular flexibility index (Phi) is 4.65. The Bertz CT molecular complexity index is 727. The maximum absolute atomic E-state index is 12.0. The van der Waals surface area contributed by atoms with Gasteiger partial charge in [-0.15, -0.1) is 0 Å². The van der Waals surface area contributed by atoms with E-state index < -0.39 is 0 Å². The highest BCUT2D eigenvalue weighted by molar-refractivity contribution is 9.10. The van der Waals surface area contributed by atoms with Crippen LogP contribution in [0.1, 0.15) is 24.3 Å². The zero-order valence-corrected chi connectivity index (χ0v) is 14.2. The number of carbonyl (C=O) groups is 1. The third-order valence-electron chi connectivity index (χ3n) is 3.74. The van der Waals surface area contributed by atoms with Crippen LogP contribution in [-0.2, 0) is 4.79 Å². The van der Waals surface area contributed by atoms with Crippen LogP contribution in [0.2, 0.25) is 5.02 Å². The number of ketones is 1. The predicted octanol–water partition coefficient (Wildman–Crippen LogP) is 5.55. The van der Waals surface area contributed by atoms with Crippen molar-refractivity contribution in [2.75, 3.05) is 5.32 Å². The van der Waals surface area contributed by atoms with Crippen LogP contribution in [0.3, 0.4) is 0 Å². The van der Waals surface area contributed by atoms with E-state index in [1.807, 2.05) is 36.4 Å². The Morgan fingerprint density at radius 2 is 1.86 bits per heavy atom. The first-order chi connectivity index (χ1) is 10.6. The number of allylic oxidation sites excluding steroid dienone is 2. The highest BCUT2D eigenvalue weighted by Gasteiger charge is 2.22. The van der Waals surface area contributed by atoms with Crippen molar-refractivity contribution in [2.24, 2.45) is 0 Å². The average Bonchev–Trinajstić information content (AvgIpc) is 2.51. The molecule has 2 aromatic rings. The molecule has 0 fully saturated rings. The van der Waals surface area contributed by atoms with Crippen LogP contribution in [0.4, 0.5) is 5.69 Å². The molecule has 1 atom stereocenters. The third-order valence-corrected chi connectivity index (χ3v) is 4.98. The van der Waals surface area contributed by atoms with E-state index in [1.54, 1.807) is 6.08 Å². The number of hydrogen-bond donors (Lipinski definition) is 1. The van der Waals surface area contributed by atoms with Gasteiger partial charge in [0.2, 0.25) is 0 Å². The van der Waals surface area contributed by atoms with E-state index in [0.717, 1.165) is 22.3 Å². The van der Waals surface area contributed by atoms with Gasteiger partial charge in [-0.3, -0.25) is 4.79 Å². The van der Waals surface area contributed by atoms with Crippen LogP contribution in [0.25, 0.3) is 0 Å². The lowest BCUT2D eigenvalue weighted by molar-refractivity contribution is -0.115. The minimum atomic E-state index is 0.158. The normalized spacial score (nSPS) is 18.0. The molecule has 0 heterocycles. The van der Waals surface area contributed by atoms with Crippen LogP contribution in [0.15, 0.2) is 64.8 Å². The summed E-state index contributed by atoms with van der Waals surface area (Å²) in [4.78, 5) is 12.0. The molecule has 22 heavy (non-hydrogen) atoms. The van der Waals surface area contributed by atoms with E-state index in [2.05, 4.69) is 33.4 Å². The number of nitrogens with one attached hydrogen (secondary N) is 1. The molecule has 3 rings (SSSR count). The molecule has 0 amide bonds. The second-order valence-corrected chi connectivity index (χ2v) is 6.67. The van der Waals surface area contributed by atoms with Gasteiger partial charge in [0.1, 0.15) is 0 Å². The summed E-state index contributed by atoms with van der Waals surface area (Å²) in [5.74, 6) is 0.387. The summed E-state index contributed by atoms with van der Waals surface area (Å²) >= 11 is 9.49. The molecule has 0 bridgehead atoms. The van der Waals surface area contributed by atoms with Crippen LogP contribution >= 0.6 is 27.5 Å². The number of benzene rings is 2. The number of anilines is 1. The molecule has 2 nitrogen and oxygen atoms in total. The molecule has 1 aliphatic carbocycles. The molecular formula is C18H15BrClNO. The lowest BCUT2D eigenvalue weighted by atomic mass is 9.85. The first-order valence-electron chi connectivity index (χ1n) is 7.12. The second kappa shape index (κ2) is 6.67. The first kappa shape index (κ1) is 15.3. The highest BCUT2D eigenvalue weighted by atomic mass is 79.9. The van der Waals surface area contributed by atoms with Crippen molar-refractivity contribution in [2.45, 2.75) is 18.8 Å². The largest absolute Gasteiger partial charge is 0.359 e. The van der Waals surface area contributed by atoms with Crippen molar-refractivity contribution in [3.63, 3.8) is 0 Å². The van der Waals surface area contributed by atoms with Crippen molar-refractivity contribution in [3.8, 4) is 0 Å². The molecule has 1 N–H and O–H groups in total. The number of rotatable bonds is 3. The maximum atomic E-state index is 12.0. The van der Waals surface area contributed by atoms with Gasteiger partial charge in [-0.1, -0.05) is 41.9 Å². The molecule has 0 saturated carbocycles. The molecule has 0 aliphatic heterocycles. The fourth-order valence-electron chi connectivity index (χ4n) is 2.70. The van der Waals surface area contributed by atoms with Crippen LogP contribution in [-0.4, -0.2) is 5.78 Å². The van der Waals surface area contributed by atoms with Gasteiger partial charge in [0, 0.05) is 28.4 Å². The van der Waals surface area contributed by atoms with Crippen LogP contribution in [0.5, 0.6) is 0 Å². The smallest absolute Gasteiger partial charge is 0.158 e. The molecule has 1 aliphatic rings. The van der Waals surface area contributed by atoms with Gasteiger partial charge >= 0.3 is 0 Å². The van der Waals surface area contributed by atoms with Gasteiger partial charge in [0.25, 0.3) is 0 Å². The molecule has 0 saturated heterocycles.